The van der Waals surface area contributed by atoms with Gasteiger partial charge in [-0.05, 0) is 24.6 Å². The Bertz CT molecular complexity index is 368. The van der Waals surface area contributed by atoms with Crippen LogP contribution in [0.15, 0.2) is 23.1 Å². The fourth-order valence-corrected chi connectivity index (χ4v) is 1.36. The molecule has 1 rings (SSSR count). The summed E-state index contributed by atoms with van der Waals surface area (Å²) in [5.41, 5.74) is 1.16. The van der Waals surface area contributed by atoms with Crippen LogP contribution in [0.4, 0.5) is 0 Å². The minimum Gasteiger partial charge on any atom is -0.302 e. The highest BCUT2D eigenvalue weighted by Gasteiger charge is 2.06. The summed E-state index contributed by atoms with van der Waals surface area (Å²) in [5, 5.41) is 8.60. The molecule has 1 aromatic rings. The van der Waals surface area contributed by atoms with Gasteiger partial charge in [-0.15, -0.1) is 0 Å². The van der Waals surface area contributed by atoms with Crippen LogP contribution in [-0.4, -0.2) is 8.76 Å². The molecular formula is C8H7NO2S. The number of hydrogen-bond donors (Lipinski definition) is 1. The summed E-state index contributed by atoms with van der Waals surface area (Å²) in [5.74, 6) is 0. The van der Waals surface area contributed by atoms with Crippen molar-refractivity contribution in [2.24, 2.45) is 0 Å². The molecule has 0 aromatic heterocycles. The Balaban J connectivity index is 3.32. The number of aryl methyl sites for hydroxylation is 1. The Kier molecular flexibility index (Phi) is 2.58. The lowest BCUT2D eigenvalue weighted by molar-refractivity contribution is 0.564. The number of nitriles is 1. The lowest BCUT2D eigenvalue weighted by atomic mass is 10.2. The SMILES string of the molecule is Cc1ccc(S(=O)O)c(C#N)c1. The molecule has 0 heterocycles. The molecule has 0 aliphatic rings. The molecule has 1 aromatic carbocycles. The van der Waals surface area contributed by atoms with E-state index >= 15 is 0 Å². The lowest BCUT2D eigenvalue weighted by Crippen LogP contribution is -1.93. The van der Waals surface area contributed by atoms with Gasteiger partial charge in [0.25, 0.3) is 0 Å². The van der Waals surface area contributed by atoms with Gasteiger partial charge in [0.2, 0.25) is 0 Å². The summed E-state index contributed by atoms with van der Waals surface area (Å²) in [6.45, 7) is 1.82. The van der Waals surface area contributed by atoms with E-state index in [0.717, 1.165) is 5.56 Å². The summed E-state index contributed by atoms with van der Waals surface area (Å²) in [6.07, 6.45) is 0. The quantitative estimate of drug-likeness (QED) is 0.667. The second kappa shape index (κ2) is 3.48. The maximum atomic E-state index is 10.7. The van der Waals surface area contributed by atoms with Crippen molar-refractivity contribution in [3.63, 3.8) is 0 Å². The Labute approximate surface area is 72.9 Å². The monoisotopic (exact) mass is 181 g/mol. The highest BCUT2D eigenvalue weighted by atomic mass is 32.2. The fourth-order valence-electron chi connectivity index (χ4n) is 0.883. The minimum atomic E-state index is -2.07. The van der Waals surface area contributed by atoms with Gasteiger partial charge in [0, 0.05) is 0 Å². The molecule has 3 nitrogen and oxygen atoms in total. The van der Waals surface area contributed by atoms with Crippen LogP contribution in [0.2, 0.25) is 0 Å². The maximum absolute atomic E-state index is 10.7. The molecule has 0 aliphatic heterocycles. The molecule has 0 amide bonds. The van der Waals surface area contributed by atoms with Crippen LogP contribution in [0.5, 0.6) is 0 Å². The van der Waals surface area contributed by atoms with Crippen LogP contribution in [0.25, 0.3) is 0 Å². The van der Waals surface area contributed by atoms with Crippen LogP contribution in [-0.2, 0) is 11.1 Å². The highest BCUT2D eigenvalue weighted by molar-refractivity contribution is 7.79. The van der Waals surface area contributed by atoms with E-state index in [2.05, 4.69) is 0 Å². The summed E-state index contributed by atoms with van der Waals surface area (Å²) in [4.78, 5) is 0.170. The smallest absolute Gasteiger partial charge is 0.187 e. The second-order valence-corrected chi connectivity index (χ2v) is 3.30. The topological polar surface area (TPSA) is 61.1 Å². The summed E-state index contributed by atoms with van der Waals surface area (Å²) < 4.78 is 19.4. The Morgan fingerprint density at radius 2 is 2.25 bits per heavy atom. The van der Waals surface area contributed by atoms with Gasteiger partial charge in [-0.1, -0.05) is 6.07 Å². The second-order valence-electron chi connectivity index (χ2n) is 2.36. The molecule has 0 bridgehead atoms. The van der Waals surface area contributed by atoms with Gasteiger partial charge in [-0.25, -0.2) is 4.21 Å². The molecule has 12 heavy (non-hydrogen) atoms. The molecule has 1 atom stereocenters. The zero-order valence-electron chi connectivity index (χ0n) is 6.44. The first-order valence-corrected chi connectivity index (χ1v) is 4.37. The molecule has 0 radical (unpaired) electrons. The van der Waals surface area contributed by atoms with E-state index in [1.165, 1.54) is 6.07 Å². The lowest BCUT2D eigenvalue weighted by Gasteiger charge is -1.98. The van der Waals surface area contributed by atoms with Crippen molar-refractivity contribution in [1.82, 2.24) is 0 Å². The minimum absolute atomic E-state index is 0.170. The van der Waals surface area contributed by atoms with Crippen molar-refractivity contribution in [1.29, 1.82) is 5.26 Å². The van der Waals surface area contributed by atoms with E-state index in [1.807, 2.05) is 13.0 Å². The molecule has 0 fully saturated rings. The average molecular weight is 181 g/mol. The summed E-state index contributed by atoms with van der Waals surface area (Å²) in [7, 11) is 0. The van der Waals surface area contributed by atoms with E-state index in [9.17, 15) is 4.21 Å². The van der Waals surface area contributed by atoms with Crippen LogP contribution in [0.1, 0.15) is 11.1 Å². The zero-order chi connectivity index (χ0) is 9.14. The van der Waals surface area contributed by atoms with Crippen molar-refractivity contribution in [3.05, 3.63) is 29.3 Å². The predicted octanol–water partition coefficient (Wildman–Crippen LogP) is 1.45. The normalized spacial score (nSPS) is 12.1. The molecule has 62 valence electrons. The van der Waals surface area contributed by atoms with E-state index in [4.69, 9.17) is 9.81 Å². The highest BCUT2D eigenvalue weighted by Crippen LogP contribution is 2.13. The van der Waals surface area contributed by atoms with Crippen molar-refractivity contribution < 1.29 is 8.76 Å². The van der Waals surface area contributed by atoms with Crippen LogP contribution in [0.3, 0.4) is 0 Å². The van der Waals surface area contributed by atoms with Crippen LogP contribution in [0, 0.1) is 18.3 Å². The molecule has 1 N–H and O–H groups in total. The van der Waals surface area contributed by atoms with Gasteiger partial charge in [-0.3, -0.25) is 0 Å². The predicted molar refractivity (Wildman–Crippen MR) is 44.9 cm³/mol. The largest absolute Gasteiger partial charge is 0.302 e. The van der Waals surface area contributed by atoms with E-state index in [1.54, 1.807) is 12.1 Å². The number of benzene rings is 1. The van der Waals surface area contributed by atoms with Gasteiger partial charge in [0.15, 0.2) is 11.1 Å². The third-order valence-electron chi connectivity index (χ3n) is 1.44. The van der Waals surface area contributed by atoms with E-state index in [0.29, 0.717) is 0 Å². The number of nitrogens with zero attached hydrogens (tertiary/aromatic N) is 1. The first-order valence-electron chi connectivity index (χ1n) is 3.27. The zero-order valence-corrected chi connectivity index (χ0v) is 7.26. The third-order valence-corrected chi connectivity index (χ3v) is 2.18. The molecule has 0 saturated carbocycles. The number of rotatable bonds is 1. The Morgan fingerprint density at radius 1 is 1.58 bits per heavy atom. The number of hydrogen-bond acceptors (Lipinski definition) is 2. The molecule has 0 saturated heterocycles. The maximum Gasteiger partial charge on any atom is 0.187 e. The van der Waals surface area contributed by atoms with Gasteiger partial charge < -0.3 is 4.55 Å². The van der Waals surface area contributed by atoms with E-state index in [-0.39, 0.29) is 10.5 Å². The standard InChI is InChI=1S/C8H7NO2S/c1-6-2-3-8(12(10)11)7(4-6)5-9/h2-4H,1H3,(H,10,11). The van der Waals surface area contributed by atoms with Gasteiger partial charge >= 0.3 is 0 Å². The average Bonchev–Trinajstić information content (AvgIpc) is 2.03. The van der Waals surface area contributed by atoms with Crippen molar-refractivity contribution in [3.8, 4) is 6.07 Å². The summed E-state index contributed by atoms with van der Waals surface area (Å²) in [6, 6.07) is 6.64. The van der Waals surface area contributed by atoms with Crippen LogP contribution < -0.4 is 0 Å². The van der Waals surface area contributed by atoms with Crippen molar-refractivity contribution in [2.75, 3.05) is 0 Å². The first kappa shape index (κ1) is 8.91. The molecule has 0 aliphatic carbocycles. The van der Waals surface area contributed by atoms with Crippen molar-refractivity contribution in [2.45, 2.75) is 11.8 Å². The van der Waals surface area contributed by atoms with E-state index < -0.39 is 11.1 Å². The molecule has 1 unspecified atom stereocenters. The van der Waals surface area contributed by atoms with Gasteiger partial charge in [0.1, 0.15) is 6.07 Å². The summed E-state index contributed by atoms with van der Waals surface area (Å²) >= 11 is -2.07. The molecule has 0 spiro atoms. The van der Waals surface area contributed by atoms with Gasteiger partial charge in [0.05, 0.1) is 10.5 Å². The van der Waals surface area contributed by atoms with Gasteiger partial charge in [-0.2, -0.15) is 5.26 Å². The van der Waals surface area contributed by atoms with Crippen LogP contribution >= 0.6 is 0 Å². The van der Waals surface area contributed by atoms with Crippen molar-refractivity contribution >= 4 is 11.1 Å². The third kappa shape index (κ3) is 1.70. The molecule has 4 heteroatoms. The Morgan fingerprint density at radius 3 is 2.75 bits per heavy atom. The Hall–Kier alpha value is -1.18. The molecular weight excluding hydrogens is 174 g/mol. The fraction of sp³-hybridized carbons (Fsp3) is 0.125. The first-order chi connectivity index (χ1) is 5.65.